The van der Waals surface area contributed by atoms with Crippen molar-refractivity contribution in [1.29, 1.82) is 0 Å². The predicted octanol–water partition coefficient (Wildman–Crippen LogP) is 2.37. The van der Waals surface area contributed by atoms with Crippen LogP contribution in [0, 0.1) is 11.3 Å². The first-order chi connectivity index (χ1) is 9.12. The van der Waals surface area contributed by atoms with Crippen LogP contribution < -0.4 is 0 Å². The number of hydrogen-bond donors (Lipinski definition) is 1. The quantitative estimate of drug-likeness (QED) is 0.796. The van der Waals surface area contributed by atoms with E-state index < -0.39 is 0 Å². The van der Waals surface area contributed by atoms with Crippen LogP contribution in [-0.2, 0) is 4.79 Å². The standard InChI is InChI=1S/C16H27NO2/c1-12-4-6-16(11-18,7-5-12)10-17-13-2-3-14(17)9-15(19)8-13/h11-15,19H,2-10H2,1H3. The molecule has 2 saturated heterocycles. The maximum Gasteiger partial charge on any atom is 0.127 e. The van der Waals surface area contributed by atoms with Crippen LogP contribution in [0.4, 0.5) is 0 Å². The number of aldehydes is 1. The fourth-order valence-electron chi connectivity index (χ4n) is 4.52. The maximum atomic E-state index is 11.7. The average Bonchev–Trinajstić information content (AvgIpc) is 2.64. The van der Waals surface area contributed by atoms with E-state index in [1.807, 2.05) is 0 Å². The minimum Gasteiger partial charge on any atom is -0.393 e. The molecule has 3 heteroatoms. The first-order valence-electron chi connectivity index (χ1n) is 8.02. The van der Waals surface area contributed by atoms with Gasteiger partial charge in [0.1, 0.15) is 6.29 Å². The van der Waals surface area contributed by atoms with E-state index in [9.17, 15) is 9.90 Å². The molecule has 0 radical (unpaired) electrons. The third-order valence-electron chi connectivity index (χ3n) is 5.88. The zero-order chi connectivity index (χ0) is 13.5. The molecular formula is C16H27NO2. The van der Waals surface area contributed by atoms with Gasteiger partial charge in [0, 0.05) is 24.0 Å². The summed E-state index contributed by atoms with van der Waals surface area (Å²) in [5.74, 6) is 0.785. The van der Waals surface area contributed by atoms with Gasteiger partial charge in [0.15, 0.2) is 0 Å². The van der Waals surface area contributed by atoms with E-state index >= 15 is 0 Å². The number of hydrogen-bond acceptors (Lipinski definition) is 3. The molecule has 1 saturated carbocycles. The number of aliphatic hydroxyl groups is 1. The number of rotatable bonds is 3. The summed E-state index contributed by atoms with van der Waals surface area (Å²) in [4.78, 5) is 14.3. The minimum atomic E-state index is -0.104. The lowest BCUT2D eigenvalue weighted by molar-refractivity contribution is -0.121. The fourth-order valence-corrected chi connectivity index (χ4v) is 4.52. The smallest absolute Gasteiger partial charge is 0.127 e. The lowest BCUT2D eigenvalue weighted by Gasteiger charge is -2.44. The van der Waals surface area contributed by atoms with Gasteiger partial charge in [0.2, 0.25) is 0 Å². The summed E-state index contributed by atoms with van der Waals surface area (Å²) in [6, 6.07) is 1.06. The average molecular weight is 265 g/mol. The molecule has 2 aliphatic heterocycles. The summed E-state index contributed by atoms with van der Waals surface area (Å²) in [7, 11) is 0. The van der Waals surface area contributed by atoms with E-state index in [2.05, 4.69) is 11.8 Å². The van der Waals surface area contributed by atoms with Gasteiger partial charge in [-0.1, -0.05) is 6.92 Å². The Kier molecular flexibility index (Phi) is 3.69. The molecule has 108 valence electrons. The third kappa shape index (κ3) is 2.59. The van der Waals surface area contributed by atoms with E-state index in [1.165, 1.54) is 32.0 Å². The molecule has 3 rings (SSSR count). The van der Waals surface area contributed by atoms with Crippen molar-refractivity contribution < 1.29 is 9.90 Å². The van der Waals surface area contributed by atoms with Crippen molar-refractivity contribution in [1.82, 2.24) is 4.90 Å². The molecular weight excluding hydrogens is 238 g/mol. The number of fused-ring (bicyclic) bond motifs is 2. The predicted molar refractivity (Wildman–Crippen MR) is 74.9 cm³/mol. The van der Waals surface area contributed by atoms with E-state index in [-0.39, 0.29) is 11.5 Å². The van der Waals surface area contributed by atoms with Gasteiger partial charge in [-0.2, -0.15) is 0 Å². The molecule has 0 aromatic rings. The van der Waals surface area contributed by atoms with Gasteiger partial charge in [0.25, 0.3) is 0 Å². The number of aliphatic hydroxyl groups excluding tert-OH is 1. The second kappa shape index (κ2) is 5.17. The summed E-state index contributed by atoms with van der Waals surface area (Å²) in [5.41, 5.74) is -0.0877. The van der Waals surface area contributed by atoms with Crippen LogP contribution in [0.3, 0.4) is 0 Å². The molecule has 3 fully saturated rings. The molecule has 3 nitrogen and oxygen atoms in total. The van der Waals surface area contributed by atoms with Crippen molar-refractivity contribution in [3.63, 3.8) is 0 Å². The van der Waals surface area contributed by atoms with Crippen molar-refractivity contribution in [2.45, 2.75) is 76.5 Å². The lowest BCUT2D eigenvalue weighted by atomic mass is 9.71. The monoisotopic (exact) mass is 265 g/mol. The summed E-state index contributed by atoms with van der Waals surface area (Å²) in [6.45, 7) is 3.25. The van der Waals surface area contributed by atoms with Gasteiger partial charge in [-0.15, -0.1) is 0 Å². The molecule has 0 amide bonds. The van der Waals surface area contributed by atoms with Crippen LogP contribution in [0.1, 0.15) is 58.3 Å². The number of piperidine rings is 1. The fraction of sp³-hybridized carbons (Fsp3) is 0.938. The van der Waals surface area contributed by atoms with Crippen LogP contribution in [0.25, 0.3) is 0 Å². The van der Waals surface area contributed by atoms with E-state index in [0.29, 0.717) is 12.1 Å². The molecule has 2 atom stereocenters. The van der Waals surface area contributed by atoms with Gasteiger partial charge < -0.3 is 9.90 Å². The zero-order valence-corrected chi connectivity index (χ0v) is 12.1. The SMILES string of the molecule is CC1CCC(C=O)(CN2C3CCC2CC(O)C3)CC1. The highest BCUT2D eigenvalue weighted by atomic mass is 16.3. The normalized spacial score (nSPS) is 47.3. The second-order valence-electron chi connectivity index (χ2n) is 7.35. The molecule has 2 heterocycles. The van der Waals surface area contributed by atoms with Crippen LogP contribution >= 0.6 is 0 Å². The Morgan fingerprint density at radius 3 is 2.26 bits per heavy atom. The van der Waals surface area contributed by atoms with E-state index in [4.69, 9.17) is 0 Å². The van der Waals surface area contributed by atoms with E-state index in [1.54, 1.807) is 0 Å². The molecule has 0 spiro atoms. The van der Waals surface area contributed by atoms with E-state index in [0.717, 1.165) is 38.1 Å². The van der Waals surface area contributed by atoms with Gasteiger partial charge in [-0.05, 0) is 57.3 Å². The van der Waals surface area contributed by atoms with Crippen LogP contribution in [0.15, 0.2) is 0 Å². The molecule has 0 aromatic carbocycles. The highest BCUT2D eigenvalue weighted by molar-refractivity contribution is 5.60. The Morgan fingerprint density at radius 1 is 1.16 bits per heavy atom. The van der Waals surface area contributed by atoms with Crippen LogP contribution in [0.2, 0.25) is 0 Å². The Hall–Kier alpha value is -0.410. The number of carbonyl (C=O) groups excluding carboxylic acids is 1. The topological polar surface area (TPSA) is 40.5 Å². The Morgan fingerprint density at radius 2 is 1.74 bits per heavy atom. The first kappa shape index (κ1) is 13.6. The number of carbonyl (C=O) groups is 1. The molecule has 2 unspecified atom stereocenters. The Bertz CT molecular complexity index is 322. The summed E-state index contributed by atoms with van der Waals surface area (Å²) >= 11 is 0. The molecule has 1 aliphatic carbocycles. The van der Waals surface area contributed by atoms with Crippen molar-refractivity contribution in [2.75, 3.05) is 6.54 Å². The lowest BCUT2D eigenvalue weighted by Crippen LogP contribution is -2.50. The molecule has 3 aliphatic rings. The van der Waals surface area contributed by atoms with Gasteiger partial charge in [-0.3, -0.25) is 4.90 Å². The van der Waals surface area contributed by atoms with Gasteiger partial charge >= 0.3 is 0 Å². The second-order valence-corrected chi connectivity index (χ2v) is 7.35. The molecule has 2 bridgehead atoms. The third-order valence-corrected chi connectivity index (χ3v) is 5.88. The maximum absolute atomic E-state index is 11.7. The minimum absolute atomic E-state index is 0.0877. The van der Waals surface area contributed by atoms with Crippen molar-refractivity contribution in [2.24, 2.45) is 11.3 Å². The summed E-state index contributed by atoms with van der Waals surface area (Å²) < 4.78 is 0. The van der Waals surface area contributed by atoms with Crippen molar-refractivity contribution >= 4 is 6.29 Å². The summed E-state index contributed by atoms with van der Waals surface area (Å²) in [5, 5.41) is 9.87. The Labute approximate surface area is 116 Å². The molecule has 1 N–H and O–H groups in total. The Balaban J connectivity index is 1.68. The van der Waals surface area contributed by atoms with Crippen LogP contribution in [-0.4, -0.2) is 41.0 Å². The van der Waals surface area contributed by atoms with Gasteiger partial charge in [-0.25, -0.2) is 0 Å². The largest absolute Gasteiger partial charge is 0.393 e. The van der Waals surface area contributed by atoms with Gasteiger partial charge in [0.05, 0.1) is 6.10 Å². The van der Waals surface area contributed by atoms with Crippen molar-refractivity contribution in [3.05, 3.63) is 0 Å². The highest BCUT2D eigenvalue weighted by Gasteiger charge is 2.45. The molecule has 0 aromatic heterocycles. The highest BCUT2D eigenvalue weighted by Crippen LogP contribution is 2.43. The van der Waals surface area contributed by atoms with Crippen LogP contribution in [0.5, 0.6) is 0 Å². The van der Waals surface area contributed by atoms with Crippen molar-refractivity contribution in [3.8, 4) is 0 Å². The first-order valence-corrected chi connectivity index (χ1v) is 8.02. The summed E-state index contributed by atoms with van der Waals surface area (Å²) in [6.07, 6.45) is 9.95. The number of nitrogens with zero attached hydrogens (tertiary/aromatic N) is 1. The molecule has 19 heavy (non-hydrogen) atoms. The zero-order valence-electron chi connectivity index (χ0n) is 12.1.